The lowest BCUT2D eigenvalue weighted by atomic mass is 10.1. The fraction of sp³-hybridized carbons (Fsp3) is 0.500. The van der Waals surface area contributed by atoms with Gasteiger partial charge in [-0.25, -0.2) is 0 Å². The van der Waals surface area contributed by atoms with Crippen LogP contribution in [-0.2, 0) is 0 Å². The van der Waals surface area contributed by atoms with Gasteiger partial charge in [-0.1, -0.05) is 0 Å². The molecule has 0 radical (unpaired) electrons. The third-order valence-corrected chi connectivity index (χ3v) is 4.34. The molecule has 0 amide bonds. The first-order valence-electron chi connectivity index (χ1n) is 6.24. The zero-order chi connectivity index (χ0) is 11.8. The van der Waals surface area contributed by atoms with E-state index in [0.717, 1.165) is 22.0 Å². The van der Waals surface area contributed by atoms with E-state index in [2.05, 4.69) is 27.3 Å². The Labute approximate surface area is 110 Å². The number of halogens is 1. The second-order valence-electron chi connectivity index (χ2n) is 5.15. The van der Waals surface area contributed by atoms with Crippen molar-refractivity contribution in [3.05, 3.63) is 28.2 Å². The third-order valence-electron chi connectivity index (χ3n) is 3.68. The summed E-state index contributed by atoms with van der Waals surface area (Å²) in [7, 11) is 0. The second-order valence-corrected chi connectivity index (χ2v) is 6.01. The summed E-state index contributed by atoms with van der Waals surface area (Å²) in [6.07, 6.45) is 5.51. The zero-order valence-electron chi connectivity index (χ0n) is 9.62. The molecule has 1 aromatic rings. The third kappa shape index (κ3) is 2.47. The molecule has 0 aliphatic heterocycles. The topological polar surface area (TPSA) is 35.8 Å². The van der Waals surface area contributed by atoms with Crippen molar-refractivity contribution < 1.29 is 0 Å². The van der Waals surface area contributed by atoms with E-state index < -0.39 is 0 Å². The van der Waals surface area contributed by atoms with Crippen LogP contribution in [0.15, 0.2) is 22.7 Å². The molecule has 3 rings (SSSR count). The highest BCUT2D eigenvalue weighted by Gasteiger charge is 2.41. The quantitative estimate of drug-likeness (QED) is 0.912. The highest BCUT2D eigenvalue weighted by molar-refractivity contribution is 9.10. The number of anilines is 1. The van der Waals surface area contributed by atoms with E-state index in [9.17, 15) is 0 Å². The Morgan fingerprint density at radius 2 is 1.88 bits per heavy atom. The normalized spacial score (nSPS) is 19.1. The summed E-state index contributed by atoms with van der Waals surface area (Å²) in [5.74, 6) is 1.76. The van der Waals surface area contributed by atoms with Gasteiger partial charge >= 0.3 is 0 Å². The van der Waals surface area contributed by atoms with Gasteiger partial charge in [0.1, 0.15) is 0 Å². The minimum Gasteiger partial charge on any atom is -0.381 e. The fourth-order valence-electron chi connectivity index (χ4n) is 2.41. The Morgan fingerprint density at radius 3 is 2.35 bits per heavy atom. The van der Waals surface area contributed by atoms with Crippen molar-refractivity contribution in [3.63, 3.8) is 0 Å². The highest BCUT2D eigenvalue weighted by Crippen LogP contribution is 2.46. The number of hydrogen-bond donors (Lipinski definition) is 1. The summed E-state index contributed by atoms with van der Waals surface area (Å²) in [6, 6.07) is 8.59. The van der Waals surface area contributed by atoms with E-state index in [4.69, 9.17) is 5.26 Å². The molecule has 0 atom stereocenters. The zero-order valence-corrected chi connectivity index (χ0v) is 11.2. The molecule has 88 valence electrons. The molecule has 0 spiro atoms. The Balaban J connectivity index is 1.77. The van der Waals surface area contributed by atoms with Crippen LogP contribution < -0.4 is 5.32 Å². The molecule has 2 fully saturated rings. The molecule has 1 aromatic carbocycles. The van der Waals surface area contributed by atoms with Crippen LogP contribution in [0.2, 0.25) is 0 Å². The molecule has 2 nitrogen and oxygen atoms in total. The monoisotopic (exact) mass is 290 g/mol. The highest BCUT2D eigenvalue weighted by atomic mass is 79.9. The summed E-state index contributed by atoms with van der Waals surface area (Å²) < 4.78 is 1.00. The largest absolute Gasteiger partial charge is 0.381 e. The predicted octanol–water partition coefficient (Wildman–Crippen LogP) is 3.92. The van der Waals surface area contributed by atoms with Crippen molar-refractivity contribution in [3.8, 4) is 6.07 Å². The van der Waals surface area contributed by atoms with Crippen LogP contribution in [0, 0.1) is 23.2 Å². The molecule has 2 saturated carbocycles. The van der Waals surface area contributed by atoms with Gasteiger partial charge in [0.25, 0.3) is 0 Å². The lowest BCUT2D eigenvalue weighted by molar-refractivity contribution is 0.567. The van der Waals surface area contributed by atoms with Crippen LogP contribution in [0.5, 0.6) is 0 Å². The number of nitriles is 1. The number of rotatable bonds is 4. The van der Waals surface area contributed by atoms with Crippen LogP contribution in [0.1, 0.15) is 31.2 Å². The van der Waals surface area contributed by atoms with Crippen LogP contribution in [-0.4, -0.2) is 6.04 Å². The number of hydrogen-bond acceptors (Lipinski definition) is 2. The number of nitrogens with zero attached hydrogens (tertiary/aromatic N) is 1. The molecular formula is C14H15BrN2. The van der Waals surface area contributed by atoms with Crippen LogP contribution in [0.3, 0.4) is 0 Å². The Morgan fingerprint density at radius 1 is 1.24 bits per heavy atom. The van der Waals surface area contributed by atoms with Crippen LogP contribution in [0.25, 0.3) is 0 Å². The Bertz CT molecular complexity index is 458. The average molecular weight is 291 g/mol. The van der Waals surface area contributed by atoms with Gasteiger partial charge in [-0.05, 0) is 71.6 Å². The standard InChI is InChI=1S/C14H15BrN2/c15-12-7-9(8-16)1-6-13(12)17-14(10-2-3-10)11-4-5-11/h1,6-7,10-11,14,17H,2-5H2. The van der Waals surface area contributed by atoms with Crippen molar-refractivity contribution in [2.45, 2.75) is 31.7 Å². The molecule has 3 heteroatoms. The lowest BCUT2D eigenvalue weighted by Crippen LogP contribution is -2.24. The summed E-state index contributed by atoms with van der Waals surface area (Å²) in [4.78, 5) is 0. The maximum atomic E-state index is 8.84. The molecule has 17 heavy (non-hydrogen) atoms. The first-order chi connectivity index (χ1) is 8.28. The summed E-state index contributed by atoms with van der Waals surface area (Å²) in [5, 5.41) is 12.5. The van der Waals surface area contributed by atoms with Gasteiger partial charge in [0.15, 0.2) is 0 Å². The summed E-state index contributed by atoms with van der Waals surface area (Å²) in [6.45, 7) is 0. The van der Waals surface area contributed by atoms with E-state index in [1.54, 1.807) is 0 Å². The van der Waals surface area contributed by atoms with Gasteiger partial charge in [-0.2, -0.15) is 5.26 Å². The molecule has 0 heterocycles. The fourth-order valence-corrected chi connectivity index (χ4v) is 2.91. The maximum absolute atomic E-state index is 8.84. The van der Waals surface area contributed by atoms with E-state index in [-0.39, 0.29) is 0 Å². The molecule has 0 bridgehead atoms. The number of benzene rings is 1. The minimum atomic E-state index is 0.652. The molecule has 2 aliphatic rings. The molecular weight excluding hydrogens is 276 g/mol. The summed E-state index contributed by atoms with van der Waals surface area (Å²) in [5.41, 5.74) is 1.84. The predicted molar refractivity (Wildman–Crippen MR) is 71.7 cm³/mol. The van der Waals surface area contributed by atoms with Crippen molar-refractivity contribution in [2.24, 2.45) is 11.8 Å². The molecule has 1 N–H and O–H groups in total. The minimum absolute atomic E-state index is 0.652. The lowest BCUT2D eigenvalue weighted by Gasteiger charge is -2.20. The van der Waals surface area contributed by atoms with Crippen molar-refractivity contribution in [1.82, 2.24) is 0 Å². The van der Waals surface area contributed by atoms with Crippen molar-refractivity contribution >= 4 is 21.6 Å². The summed E-state index contributed by atoms with van der Waals surface area (Å²) >= 11 is 3.54. The van der Waals surface area contributed by atoms with E-state index >= 15 is 0 Å². The van der Waals surface area contributed by atoms with Gasteiger partial charge in [-0.3, -0.25) is 0 Å². The Kier molecular flexibility index (Phi) is 2.84. The molecule has 0 unspecified atom stereocenters. The second kappa shape index (κ2) is 4.34. The van der Waals surface area contributed by atoms with E-state index in [0.29, 0.717) is 11.6 Å². The van der Waals surface area contributed by atoms with Gasteiger partial charge < -0.3 is 5.32 Å². The molecule has 0 aromatic heterocycles. The smallest absolute Gasteiger partial charge is 0.0992 e. The van der Waals surface area contributed by atoms with Gasteiger partial charge in [0.05, 0.1) is 11.6 Å². The van der Waals surface area contributed by atoms with E-state index in [1.807, 2.05) is 18.2 Å². The van der Waals surface area contributed by atoms with Gasteiger partial charge in [-0.15, -0.1) is 0 Å². The van der Waals surface area contributed by atoms with Gasteiger partial charge in [0, 0.05) is 16.2 Å². The molecule has 2 aliphatic carbocycles. The first kappa shape index (κ1) is 11.1. The van der Waals surface area contributed by atoms with Crippen molar-refractivity contribution in [1.29, 1.82) is 5.26 Å². The Hall–Kier alpha value is -1.01. The van der Waals surface area contributed by atoms with Crippen LogP contribution in [0.4, 0.5) is 5.69 Å². The first-order valence-corrected chi connectivity index (χ1v) is 7.03. The average Bonchev–Trinajstić information content (AvgIpc) is 3.18. The SMILES string of the molecule is N#Cc1ccc(NC(C2CC2)C2CC2)c(Br)c1. The number of nitrogens with one attached hydrogen (secondary N) is 1. The van der Waals surface area contributed by atoms with E-state index in [1.165, 1.54) is 25.7 Å². The van der Waals surface area contributed by atoms with Crippen LogP contribution >= 0.6 is 15.9 Å². The maximum Gasteiger partial charge on any atom is 0.0992 e. The van der Waals surface area contributed by atoms with Crippen molar-refractivity contribution in [2.75, 3.05) is 5.32 Å². The van der Waals surface area contributed by atoms with Gasteiger partial charge in [0.2, 0.25) is 0 Å². The molecule has 0 saturated heterocycles.